The molecular weight excluding hydrogens is 559 g/mol. The van der Waals surface area contributed by atoms with Crippen LogP contribution in [0.25, 0.3) is 0 Å². The molecule has 4 heterocycles. The Bertz CT molecular complexity index is 1570. The first kappa shape index (κ1) is 29.1. The topological polar surface area (TPSA) is 123 Å². The molecule has 3 aromatic rings. The number of hydrogen-bond donors (Lipinski definition) is 3. The van der Waals surface area contributed by atoms with E-state index in [9.17, 15) is 21.6 Å². The molecule has 41 heavy (non-hydrogen) atoms. The number of hydrogen-bond acceptors (Lipinski definition) is 9. The highest BCUT2D eigenvalue weighted by Crippen LogP contribution is 2.45. The number of anilines is 4. The van der Waals surface area contributed by atoms with Crippen LogP contribution >= 0.6 is 0 Å². The molecule has 2 aliphatic heterocycles. The molecule has 1 saturated heterocycles. The van der Waals surface area contributed by atoms with Gasteiger partial charge in [0.15, 0.2) is 0 Å². The number of nitrogens with one attached hydrogen (secondary N) is 3. The summed E-state index contributed by atoms with van der Waals surface area (Å²) in [5.74, 6) is 0.364. The molecule has 0 amide bonds. The van der Waals surface area contributed by atoms with E-state index >= 15 is 0 Å². The van der Waals surface area contributed by atoms with Gasteiger partial charge in [0, 0.05) is 31.4 Å². The van der Waals surface area contributed by atoms with Crippen molar-refractivity contribution in [1.82, 2.24) is 25.1 Å². The summed E-state index contributed by atoms with van der Waals surface area (Å²) in [6.45, 7) is 8.86. The maximum Gasteiger partial charge on any atom is 0.421 e. The number of alkyl halides is 3. The highest BCUT2D eigenvalue weighted by atomic mass is 32.2. The van der Waals surface area contributed by atoms with Crippen LogP contribution in [0.1, 0.15) is 61.8 Å². The zero-order chi connectivity index (χ0) is 29.7. The van der Waals surface area contributed by atoms with Crippen molar-refractivity contribution in [3.8, 4) is 5.75 Å². The minimum atomic E-state index is -4.80. The molecule has 1 atom stereocenters. The molecule has 0 saturated carbocycles. The summed E-state index contributed by atoms with van der Waals surface area (Å²) in [7, 11) is -2.41. The van der Waals surface area contributed by atoms with Gasteiger partial charge in [-0.25, -0.2) is 13.4 Å². The lowest BCUT2D eigenvalue weighted by Crippen LogP contribution is -2.27. The second-order valence-electron chi connectivity index (χ2n) is 10.9. The number of fused-ring (bicyclic) bond motifs is 1. The van der Waals surface area contributed by atoms with E-state index in [2.05, 4.69) is 31.0 Å². The molecule has 5 rings (SSSR count). The smallest absolute Gasteiger partial charge is 0.421 e. The summed E-state index contributed by atoms with van der Waals surface area (Å²) >= 11 is 0. The second kappa shape index (κ2) is 10.8. The monoisotopic (exact) mass is 593 g/mol. The second-order valence-corrected chi connectivity index (χ2v) is 13.4. The van der Waals surface area contributed by atoms with Crippen molar-refractivity contribution in [2.24, 2.45) is 7.05 Å². The Balaban J connectivity index is 1.54. The number of sulfone groups is 1. The van der Waals surface area contributed by atoms with Crippen LogP contribution in [0.4, 0.5) is 36.3 Å². The van der Waals surface area contributed by atoms with Crippen LogP contribution in [0.3, 0.4) is 0 Å². The average Bonchev–Trinajstić information content (AvgIpc) is 3.46. The molecule has 1 fully saturated rings. The van der Waals surface area contributed by atoms with Crippen molar-refractivity contribution >= 4 is 33.0 Å². The Morgan fingerprint density at radius 2 is 1.88 bits per heavy atom. The number of benzene rings is 1. The van der Waals surface area contributed by atoms with Crippen LogP contribution < -0.4 is 20.7 Å². The summed E-state index contributed by atoms with van der Waals surface area (Å²) in [5.41, 5.74) is 2.76. The third-order valence-corrected chi connectivity index (χ3v) is 9.55. The van der Waals surface area contributed by atoms with Crippen LogP contribution in [-0.4, -0.2) is 52.6 Å². The van der Waals surface area contributed by atoms with Crippen LogP contribution in [0, 0.1) is 6.92 Å². The van der Waals surface area contributed by atoms with E-state index in [1.165, 1.54) is 37.3 Å². The fraction of sp³-hybridized carbons (Fsp3) is 0.519. The standard InChI is InChI=1S/C27H34F3N7O3S/c1-14(2)41(38,39)25-21(13-37(5)36-25)33-24-19(27(28,29)30)12-32-26(35-24)34-20-10-15(3)22(17-6-8-31-9-7-17)18-11-16(4)40-23(18)20/h10,12-14,16-17,31H,6-9,11H2,1-5H3,(H2,32,33,34,35)/t16-/m1/s1. The van der Waals surface area contributed by atoms with E-state index in [4.69, 9.17) is 4.74 Å². The Morgan fingerprint density at radius 1 is 1.17 bits per heavy atom. The van der Waals surface area contributed by atoms with Crippen LogP contribution in [0.2, 0.25) is 0 Å². The van der Waals surface area contributed by atoms with Gasteiger partial charge < -0.3 is 20.7 Å². The molecule has 0 bridgehead atoms. The van der Waals surface area contributed by atoms with Crippen LogP contribution in [0.5, 0.6) is 5.75 Å². The van der Waals surface area contributed by atoms with Gasteiger partial charge in [0.05, 0.1) is 16.6 Å². The van der Waals surface area contributed by atoms with Gasteiger partial charge in [0.2, 0.25) is 20.8 Å². The molecule has 0 unspecified atom stereocenters. The van der Waals surface area contributed by atoms with Gasteiger partial charge in [-0.15, -0.1) is 0 Å². The summed E-state index contributed by atoms with van der Waals surface area (Å²) in [5, 5.41) is 11.8. The molecule has 2 aliphatic rings. The maximum absolute atomic E-state index is 14.0. The zero-order valence-electron chi connectivity index (χ0n) is 23.6. The first-order chi connectivity index (χ1) is 19.3. The number of piperidine rings is 1. The molecule has 0 radical (unpaired) electrons. The van der Waals surface area contributed by atoms with Crippen molar-refractivity contribution in [3.63, 3.8) is 0 Å². The van der Waals surface area contributed by atoms with E-state index in [1.54, 1.807) is 0 Å². The largest absolute Gasteiger partial charge is 0.488 e. The third kappa shape index (κ3) is 5.71. The zero-order valence-corrected chi connectivity index (χ0v) is 24.4. The van der Waals surface area contributed by atoms with Crippen molar-refractivity contribution in [1.29, 1.82) is 0 Å². The SMILES string of the molecule is Cc1cc(Nc2ncc(C(F)(F)F)c(Nc3cn(C)nc3S(=O)(=O)C(C)C)n2)c2c(c1C1CCNCC1)C[C@@H](C)O2. The molecule has 14 heteroatoms. The van der Waals surface area contributed by atoms with Gasteiger partial charge in [0.25, 0.3) is 0 Å². The number of nitrogens with zero attached hydrogens (tertiary/aromatic N) is 4. The molecule has 222 valence electrons. The lowest BCUT2D eigenvalue weighted by Gasteiger charge is -2.27. The van der Waals surface area contributed by atoms with Crippen LogP contribution in [0.15, 0.2) is 23.5 Å². The van der Waals surface area contributed by atoms with E-state index < -0.39 is 32.6 Å². The lowest BCUT2D eigenvalue weighted by molar-refractivity contribution is -0.137. The first-order valence-electron chi connectivity index (χ1n) is 13.5. The fourth-order valence-electron chi connectivity index (χ4n) is 5.50. The molecule has 10 nitrogen and oxygen atoms in total. The molecule has 3 N–H and O–H groups in total. The Morgan fingerprint density at radius 3 is 2.54 bits per heavy atom. The quantitative estimate of drug-likeness (QED) is 0.347. The van der Waals surface area contributed by atoms with Crippen molar-refractivity contribution < 1.29 is 26.3 Å². The Kier molecular flexibility index (Phi) is 7.66. The van der Waals surface area contributed by atoms with E-state index in [-0.39, 0.29) is 22.8 Å². The molecule has 1 aromatic carbocycles. The number of aryl methyl sites for hydroxylation is 2. The minimum Gasteiger partial charge on any atom is -0.488 e. The molecular formula is C27H34F3N7O3S. The predicted octanol–water partition coefficient (Wildman–Crippen LogP) is 5.00. The number of rotatable bonds is 7. The summed E-state index contributed by atoms with van der Waals surface area (Å²) in [4.78, 5) is 8.09. The normalized spacial score (nSPS) is 17.9. The summed E-state index contributed by atoms with van der Waals surface area (Å²) in [6.07, 6.45) is -0.0964. The van der Waals surface area contributed by atoms with Crippen molar-refractivity contribution in [3.05, 3.63) is 40.7 Å². The first-order valence-corrected chi connectivity index (χ1v) is 15.1. The summed E-state index contributed by atoms with van der Waals surface area (Å²) in [6, 6.07) is 1.93. The third-order valence-electron chi connectivity index (χ3n) is 7.47. The van der Waals surface area contributed by atoms with Gasteiger partial charge in [-0.2, -0.15) is 23.3 Å². The van der Waals surface area contributed by atoms with Gasteiger partial charge in [0.1, 0.15) is 23.2 Å². The Labute approximate surface area is 237 Å². The number of halogens is 3. The Hall–Kier alpha value is -3.39. The maximum atomic E-state index is 14.0. The van der Waals surface area contributed by atoms with Gasteiger partial charge in [-0.05, 0) is 76.7 Å². The van der Waals surface area contributed by atoms with Crippen molar-refractivity contribution in [2.45, 2.75) is 75.4 Å². The van der Waals surface area contributed by atoms with Gasteiger partial charge in [-0.1, -0.05) is 0 Å². The predicted molar refractivity (Wildman–Crippen MR) is 149 cm³/mol. The number of aromatic nitrogens is 4. The van der Waals surface area contributed by atoms with Gasteiger partial charge in [-0.3, -0.25) is 4.68 Å². The van der Waals surface area contributed by atoms with Crippen LogP contribution in [-0.2, 0) is 29.5 Å². The van der Waals surface area contributed by atoms with E-state index in [1.807, 2.05) is 19.9 Å². The molecule has 0 spiro atoms. The van der Waals surface area contributed by atoms with Gasteiger partial charge >= 0.3 is 6.18 Å². The average molecular weight is 594 g/mol. The highest BCUT2D eigenvalue weighted by Gasteiger charge is 2.37. The van der Waals surface area contributed by atoms with Crippen molar-refractivity contribution in [2.75, 3.05) is 23.7 Å². The van der Waals surface area contributed by atoms with E-state index in [0.717, 1.165) is 43.5 Å². The molecule has 0 aliphatic carbocycles. The fourth-order valence-corrected chi connectivity index (χ4v) is 6.60. The van der Waals surface area contributed by atoms with E-state index in [0.29, 0.717) is 23.6 Å². The number of ether oxygens (including phenoxy) is 1. The summed E-state index contributed by atoms with van der Waals surface area (Å²) < 4.78 is 75.0. The highest BCUT2D eigenvalue weighted by molar-refractivity contribution is 7.92. The lowest BCUT2D eigenvalue weighted by atomic mass is 9.83. The molecule has 2 aromatic heterocycles. The minimum absolute atomic E-state index is 0.0505.